The topological polar surface area (TPSA) is 77.9 Å². The molecule has 1 aliphatic heterocycles. The average Bonchev–Trinajstić information content (AvgIpc) is 2.84. The molecule has 1 heterocycles. The summed E-state index contributed by atoms with van der Waals surface area (Å²) in [5, 5.41) is 0.730. The molecule has 38 heavy (non-hydrogen) atoms. The predicted octanol–water partition coefficient (Wildman–Crippen LogP) is 5.46. The van der Waals surface area contributed by atoms with Crippen LogP contribution < -0.4 is 4.74 Å². The third kappa shape index (κ3) is 7.66. The van der Waals surface area contributed by atoms with Crippen LogP contribution >= 0.6 is 31.4 Å². The Morgan fingerprint density at radius 2 is 1.71 bits per heavy atom. The van der Waals surface area contributed by atoms with Crippen LogP contribution in [-0.2, 0) is 11.3 Å². The molecule has 2 aromatic rings. The molecule has 0 unspecified atom stereocenters. The molecule has 9 nitrogen and oxygen atoms in total. The summed E-state index contributed by atoms with van der Waals surface area (Å²) in [7, 11) is 6.94. The van der Waals surface area contributed by atoms with Crippen LogP contribution in [0.2, 0.25) is 5.02 Å². The van der Waals surface area contributed by atoms with Crippen molar-refractivity contribution in [1.29, 1.82) is 0 Å². The van der Waals surface area contributed by atoms with Crippen LogP contribution in [0.4, 0.5) is 9.59 Å². The number of hydrogen-bond donors (Lipinski definition) is 0. The zero-order chi connectivity index (χ0) is 28.2. The normalized spacial score (nSPS) is 15.0. The number of urea groups is 1. The molecule has 1 aliphatic rings. The Balaban J connectivity index is 1.83. The van der Waals surface area contributed by atoms with E-state index in [0.717, 1.165) is 16.3 Å². The minimum atomic E-state index is -1.69. The van der Waals surface area contributed by atoms with Crippen LogP contribution in [0, 0.1) is 7.14 Å². The first-order valence-electron chi connectivity index (χ1n) is 12.1. The number of halogens is 2. The fourth-order valence-electron chi connectivity index (χ4n) is 3.95. The molecule has 0 radical (unpaired) electrons. The van der Waals surface area contributed by atoms with E-state index in [0.29, 0.717) is 25.8 Å². The summed E-state index contributed by atoms with van der Waals surface area (Å²) in [6.07, 6.45) is -0.685. The number of nitrogens with zero attached hydrogens (tertiary/aromatic N) is 5. The van der Waals surface area contributed by atoms with Gasteiger partial charge in [0.05, 0.1) is 0 Å². The van der Waals surface area contributed by atoms with Crippen molar-refractivity contribution in [3.8, 4) is 5.75 Å². The van der Waals surface area contributed by atoms with Gasteiger partial charge in [0, 0.05) is 0 Å². The van der Waals surface area contributed by atoms with Gasteiger partial charge in [-0.1, -0.05) is 0 Å². The number of methoxy groups -OCH3 is 1. The molecule has 0 aliphatic carbocycles. The van der Waals surface area contributed by atoms with E-state index in [-0.39, 0.29) is 6.03 Å². The summed E-state index contributed by atoms with van der Waals surface area (Å²) < 4.78 is 13.2. The molecule has 0 N–H and O–H groups in total. The monoisotopic (exact) mass is 657 g/mol. The van der Waals surface area contributed by atoms with Gasteiger partial charge in [0.25, 0.3) is 0 Å². The number of carbonyl (C=O) groups is 2. The zero-order valence-electron chi connectivity index (χ0n) is 23.3. The van der Waals surface area contributed by atoms with Crippen LogP contribution in [0.3, 0.4) is 0 Å². The first-order chi connectivity index (χ1) is 17.8. The van der Waals surface area contributed by atoms with Gasteiger partial charge in [0.15, 0.2) is 0 Å². The van der Waals surface area contributed by atoms with E-state index in [4.69, 9.17) is 21.1 Å². The Labute approximate surface area is 237 Å². The zero-order valence-corrected chi connectivity index (χ0v) is 26.2. The molecule has 3 rings (SSSR count). The van der Waals surface area contributed by atoms with Gasteiger partial charge in [-0.3, -0.25) is 0 Å². The summed E-state index contributed by atoms with van der Waals surface area (Å²) >= 11 is 5.10. The number of alkyl halides is 1. The number of ether oxygens (including phenoxy) is 2. The summed E-state index contributed by atoms with van der Waals surface area (Å²) in [5.74, 6) is 1.25. The van der Waals surface area contributed by atoms with E-state index in [1.807, 2.05) is 35.0 Å². The number of rotatable bonds is 5. The number of amides is 3. The Morgan fingerprint density at radius 3 is 2.24 bits per heavy atom. The molecular formula is C27H37ClIN5O4. The van der Waals surface area contributed by atoms with Gasteiger partial charge in [0.2, 0.25) is 0 Å². The standard InChI is InChI=1S/C27H37ClIN5O4/c1-27(2,3)38-25(35)30-24(34-17-32(6)26(36)33(7)18-34)31(5)16-19-9-14-23(22(28)15-19)29(4)20-10-12-21(37-8)13-11-20/h9-15H,16-18H2,1-8H3. The van der Waals surface area contributed by atoms with E-state index in [2.05, 4.69) is 34.2 Å². The molecule has 11 heteroatoms. The Morgan fingerprint density at radius 1 is 1.11 bits per heavy atom. The van der Waals surface area contributed by atoms with E-state index >= 15 is 0 Å². The summed E-state index contributed by atoms with van der Waals surface area (Å²) in [6, 6.07) is 14.2. The summed E-state index contributed by atoms with van der Waals surface area (Å²) in [5.41, 5.74) is 0.302. The SMILES string of the molecule is COc1ccc(I(C)c2ccc(CN(C)C(=NC(=O)OC(C)(C)C)N3CN(C)C(=O)N(C)C3)cc2Cl)cc1. The van der Waals surface area contributed by atoms with E-state index in [9.17, 15) is 9.59 Å². The second kappa shape index (κ2) is 12.4. The third-order valence-corrected chi connectivity index (χ3v) is 11.6. The van der Waals surface area contributed by atoms with Gasteiger partial charge >= 0.3 is 239 Å². The van der Waals surface area contributed by atoms with Gasteiger partial charge in [-0.15, -0.1) is 0 Å². The maximum absolute atomic E-state index is 12.7. The quantitative estimate of drug-likeness (QED) is 0.184. The molecule has 3 amide bonds. The first kappa shape index (κ1) is 29.8. The van der Waals surface area contributed by atoms with Crippen LogP contribution in [0.15, 0.2) is 47.5 Å². The number of guanidine groups is 1. The van der Waals surface area contributed by atoms with E-state index in [1.165, 1.54) is 7.14 Å². The molecule has 1 fully saturated rings. The summed E-state index contributed by atoms with van der Waals surface area (Å²) in [6.45, 7) is 6.43. The van der Waals surface area contributed by atoms with Crippen LogP contribution in [0.25, 0.3) is 0 Å². The number of benzene rings is 2. The maximum atomic E-state index is 12.7. The van der Waals surface area contributed by atoms with Gasteiger partial charge in [-0.05, 0) is 0 Å². The van der Waals surface area contributed by atoms with E-state index < -0.39 is 31.5 Å². The van der Waals surface area contributed by atoms with Crippen LogP contribution in [0.1, 0.15) is 26.3 Å². The Hall–Kier alpha value is -2.73. The van der Waals surface area contributed by atoms with Gasteiger partial charge in [0.1, 0.15) is 0 Å². The molecular weight excluding hydrogens is 621 g/mol. The van der Waals surface area contributed by atoms with Crippen molar-refractivity contribution in [1.82, 2.24) is 19.6 Å². The van der Waals surface area contributed by atoms with E-state index in [1.54, 1.807) is 51.8 Å². The minimum absolute atomic E-state index is 0.0985. The van der Waals surface area contributed by atoms with Crippen molar-refractivity contribution in [2.45, 2.75) is 32.9 Å². The fraction of sp³-hybridized carbons (Fsp3) is 0.444. The second-order valence-electron chi connectivity index (χ2n) is 10.1. The Kier molecular flexibility index (Phi) is 9.74. The number of carbonyl (C=O) groups excluding carboxylic acids is 2. The molecule has 0 spiro atoms. The van der Waals surface area contributed by atoms with Crippen molar-refractivity contribution < 1.29 is 19.1 Å². The molecule has 0 saturated carbocycles. The van der Waals surface area contributed by atoms with Crippen molar-refractivity contribution >= 4 is 49.5 Å². The molecule has 0 bridgehead atoms. The average molecular weight is 658 g/mol. The first-order valence-corrected chi connectivity index (χ1v) is 16.7. The van der Waals surface area contributed by atoms with Crippen molar-refractivity contribution in [3.63, 3.8) is 0 Å². The molecule has 0 atom stereocenters. The van der Waals surface area contributed by atoms with Gasteiger partial charge < -0.3 is 0 Å². The van der Waals surface area contributed by atoms with Crippen LogP contribution in [0.5, 0.6) is 5.75 Å². The molecule has 1 saturated heterocycles. The summed E-state index contributed by atoms with van der Waals surface area (Å²) in [4.78, 5) is 38.4. The molecule has 208 valence electrons. The van der Waals surface area contributed by atoms with Crippen molar-refractivity contribution in [2.24, 2.45) is 4.99 Å². The number of hydrogen-bond acceptors (Lipinski definition) is 4. The second-order valence-corrected chi connectivity index (χ2v) is 15.6. The van der Waals surface area contributed by atoms with Gasteiger partial charge in [-0.2, -0.15) is 0 Å². The molecule has 2 aromatic carbocycles. The number of aliphatic imine (C=N–C) groups is 1. The van der Waals surface area contributed by atoms with Crippen molar-refractivity contribution in [3.05, 3.63) is 60.2 Å². The molecule has 0 aromatic heterocycles. The van der Waals surface area contributed by atoms with Gasteiger partial charge in [-0.25, -0.2) is 0 Å². The van der Waals surface area contributed by atoms with Crippen LogP contribution in [-0.4, -0.2) is 89.8 Å². The third-order valence-electron chi connectivity index (χ3n) is 5.71. The predicted molar refractivity (Wildman–Crippen MR) is 159 cm³/mol. The van der Waals surface area contributed by atoms with Crippen molar-refractivity contribution in [2.75, 3.05) is 46.5 Å². The Bertz CT molecular complexity index is 1170. The fourth-order valence-corrected chi connectivity index (χ4v) is 8.63.